The summed E-state index contributed by atoms with van der Waals surface area (Å²) in [5, 5.41) is 8.69. The van der Waals surface area contributed by atoms with E-state index < -0.39 is 0 Å². The van der Waals surface area contributed by atoms with Crippen molar-refractivity contribution in [3.63, 3.8) is 0 Å². The fourth-order valence-electron chi connectivity index (χ4n) is 1.80. The second kappa shape index (κ2) is 8.41. The Labute approximate surface area is 130 Å². The van der Waals surface area contributed by atoms with Crippen LogP contribution in [0.3, 0.4) is 0 Å². The van der Waals surface area contributed by atoms with E-state index in [0.717, 1.165) is 21.8 Å². The van der Waals surface area contributed by atoms with Gasteiger partial charge in [0.1, 0.15) is 12.4 Å². The van der Waals surface area contributed by atoms with E-state index in [-0.39, 0.29) is 6.61 Å². The van der Waals surface area contributed by atoms with Crippen LogP contribution in [0.2, 0.25) is 0 Å². The van der Waals surface area contributed by atoms with E-state index in [1.165, 1.54) is 0 Å². The summed E-state index contributed by atoms with van der Waals surface area (Å²) in [7, 11) is 0. The van der Waals surface area contributed by atoms with Crippen LogP contribution < -0.4 is 4.74 Å². The number of ether oxygens (including phenoxy) is 1. The molecule has 0 saturated carbocycles. The zero-order valence-electron chi connectivity index (χ0n) is 12.0. The average molecular weight is 298 g/mol. The molecule has 0 radical (unpaired) electrons. The van der Waals surface area contributed by atoms with Crippen LogP contribution in [0, 0.1) is 11.8 Å². The highest BCUT2D eigenvalue weighted by Crippen LogP contribution is 2.27. The molecule has 0 aromatic heterocycles. The van der Waals surface area contributed by atoms with E-state index in [4.69, 9.17) is 9.84 Å². The summed E-state index contributed by atoms with van der Waals surface area (Å²) in [4.78, 5) is 1.14. The molecular formula is C18H18O2S. The molecule has 0 aliphatic carbocycles. The van der Waals surface area contributed by atoms with Crippen LogP contribution in [0.4, 0.5) is 0 Å². The Hall–Kier alpha value is -1.89. The van der Waals surface area contributed by atoms with Gasteiger partial charge in [-0.3, -0.25) is 0 Å². The summed E-state index contributed by atoms with van der Waals surface area (Å²) in [5.41, 5.74) is 2.07. The molecule has 2 aromatic carbocycles. The second-order valence-electron chi connectivity index (χ2n) is 4.41. The SMILES string of the molecule is CSc1ccccc1OCc1ccc(C#CCCO)cc1. The normalized spacial score (nSPS) is 9.81. The summed E-state index contributed by atoms with van der Waals surface area (Å²) in [6.45, 7) is 0.649. The Morgan fingerprint density at radius 1 is 1.10 bits per heavy atom. The lowest BCUT2D eigenvalue weighted by atomic mass is 10.1. The molecule has 2 nitrogen and oxygen atoms in total. The van der Waals surface area contributed by atoms with E-state index in [0.29, 0.717) is 13.0 Å². The van der Waals surface area contributed by atoms with Gasteiger partial charge in [-0.25, -0.2) is 0 Å². The number of para-hydroxylation sites is 1. The van der Waals surface area contributed by atoms with Gasteiger partial charge in [-0.1, -0.05) is 36.1 Å². The van der Waals surface area contributed by atoms with E-state index in [9.17, 15) is 0 Å². The molecule has 3 heteroatoms. The highest BCUT2D eigenvalue weighted by molar-refractivity contribution is 7.98. The Balaban J connectivity index is 1.96. The minimum Gasteiger partial charge on any atom is -0.488 e. The molecule has 0 unspecified atom stereocenters. The number of aliphatic hydroxyl groups is 1. The van der Waals surface area contributed by atoms with Crippen molar-refractivity contribution in [2.75, 3.05) is 12.9 Å². The third-order valence-electron chi connectivity index (χ3n) is 2.89. The van der Waals surface area contributed by atoms with Crippen molar-refractivity contribution in [2.45, 2.75) is 17.9 Å². The maximum Gasteiger partial charge on any atom is 0.133 e. The van der Waals surface area contributed by atoms with Crippen molar-refractivity contribution < 1.29 is 9.84 Å². The van der Waals surface area contributed by atoms with E-state index in [1.807, 2.05) is 48.7 Å². The molecule has 0 spiro atoms. The summed E-state index contributed by atoms with van der Waals surface area (Å²) >= 11 is 1.68. The number of thioether (sulfide) groups is 1. The summed E-state index contributed by atoms with van der Waals surface area (Å²) < 4.78 is 5.86. The van der Waals surface area contributed by atoms with Gasteiger partial charge in [0.05, 0.1) is 6.61 Å². The third kappa shape index (κ3) is 4.86. The van der Waals surface area contributed by atoms with Crippen molar-refractivity contribution in [1.82, 2.24) is 0 Å². The average Bonchev–Trinajstić information content (AvgIpc) is 2.54. The van der Waals surface area contributed by atoms with Crippen LogP contribution in [0.1, 0.15) is 17.5 Å². The van der Waals surface area contributed by atoms with Crippen LogP contribution in [-0.4, -0.2) is 18.0 Å². The first-order chi connectivity index (χ1) is 10.3. The summed E-state index contributed by atoms with van der Waals surface area (Å²) in [5.74, 6) is 6.83. The van der Waals surface area contributed by atoms with Crippen LogP contribution >= 0.6 is 11.8 Å². The number of rotatable bonds is 5. The van der Waals surface area contributed by atoms with Gasteiger partial charge in [0.2, 0.25) is 0 Å². The number of aliphatic hydroxyl groups excluding tert-OH is 1. The molecule has 0 amide bonds. The van der Waals surface area contributed by atoms with E-state index in [2.05, 4.69) is 17.9 Å². The van der Waals surface area contributed by atoms with Gasteiger partial charge < -0.3 is 9.84 Å². The van der Waals surface area contributed by atoms with Crippen molar-refractivity contribution in [1.29, 1.82) is 0 Å². The first-order valence-electron chi connectivity index (χ1n) is 6.78. The molecule has 0 fully saturated rings. The Kier molecular flexibility index (Phi) is 6.21. The number of hydrogen-bond acceptors (Lipinski definition) is 3. The molecular weight excluding hydrogens is 280 g/mol. The molecule has 0 saturated heterocycles. The van der Waals surface area contributed by atoms with Crippen LogP contribution in [0.25, 0.3) is 0 Å². The van der Waals surface area contributed by atoms with Crippen LogP contribution in [0.5, 0.6) is 5.75 Å². The third-order valence-corrected chi connectivity index (χ3v) is 3.66. The lowest BCUT2D eigenvalue weighted by Crippen LogP contribution is -1.96. The Bertz CT molecular complexity index is 624. The van der Waals surface area contributed by atoms with Crippen molar-refractivity contribution in [3.8, 4) is 17.6 Å². The summed E-state index contributed by atoms with van der Waals surface area (Å²) in [6, 6.07) is 16.0. The molecule has 108 valence electrons. The standard InChI is InChI=1S/C18H18O2S/c1-21-18-8-3-2-7-17(18)20-14-16-11-9-15(10-12-16)6-4-5-13-19/h2-3,7-12,19H,5,13-14H2,1H3. The molecule has 0 aliphatic rings. The van der Waals surface area contributed by atoms with Gasteiger partial charge in [-0.15, -0.1) is 11.8 Å². The summed E-state index contributed by atoms with van der Waals surface area (Å²) in [6.07, 6.45) is 2.55. The minimum atomic E-state index is 0.105. The minimum absolute atomic E-state index is 0.105. The van der Waals surface area contributed by atoms with Gasteiger partial charge in [0, 0.05) is 16.9 Å². The zero-order valence-corrected chi connectivity index (χ0v) is 12.8. The van der Waals surface area contributed by atoms with Gasteiger partial charge in [0.25, 0.3) is 0 Å². The fourth-order valence-corrected chi connectivity index (χ4v) is 2.35. The lowest BCUT2D eigenvalue weighted by molar-refractivity contribution is 0.299. The Morgan fingerprint density at radius 3 is 2.57 bits per heavy atom. The largest absolute Gasteiger partial charge is 0.488 e. The Morgan fingerprint density at radius 2 is 1.86 bits per heavy atom. The van der Waals surface area contributed by atoms with Gasteiger partial charge in [-0.05, 0) is 36.1 Å². The smallest absolute Gasteiger partial charge is 0.133 e. The fraction of sp³-hybridized carbons (Fsp3) is 0.222. The van der Waals surface area contributed by atoms with Gasteiger partial charge in [0.15, 0.2) is 0 Å². The molecule has 21 heavy (non-hydrogen) atoms. The van der Waals surface area contributed by atoms with Crippen LogP contribution in [-0.2, 0) is 6.61 Å². The van der Waals surface area contributed by atoms with Crippen molar-refractivity contribution in [3.05, 3.63) is 59.7 Å². The van der Waals surface area contributed by atoms with E-state index in [1.54, 1.807) is 11.8 Å². The first-order valence-corrected chi connectivity index (χ1v) is 8.00. The maximum atomic E-state index is 8.69. The zero-order chi connectivity index (χ0) is 14.9. The predicted octanol–water partition coefficient (Wildman–Crippen LogP) is 3.72. The quantitative estimate of drug-likeness (QED) is 0.674. The van der Waals surface area contributed by atoms with Crippen LogP contribution in [0.15, 0.2) is 53.4 Å². The van der Waals surface area contributed by atoms with Gasteiger partial charge in [-0.2, -0.15) is 0 Å². The maximum absolute atomic E-state index is 8.69. The number of hydrogen-bond donors (Lipinski definition) is 1. The topological polar surface area (TPSA) is 29.5 Å². The molecule has 2 rings (SSSR count). The second-order valence-corrected chi connectivity index (χ2v) is 5.26. The lowest BCUT2D eigenvalue weighted by Gasteiger charge is -2.09. The monoisotopic (exact) mass is 298 g/mol. The molecule has 2 aromatic rings. The molecule has 0 atom stereocenters. The molecule has 1 N–H and O–H groups in total. The van der Waals surface area contributed by atoms with Gasteiger partial charge >= 0.3 is 0 Å². The van der Waals surface area contributed by atoms with Crippen molar-refractivity contribution in [2.24, 2.45) is 0 Å². The van der Waals surface area contributed by atoms with E-state index >= 15 is 0 Å². The highest BCUT2D eigenvalue weighted by atomic mass is 32.2. The first kappa shape index (κ1) is 15.5. The van der Waals surface area contributed by atoms with Crippen molar-refractivity contribution >= 4 is 11.8 Å². The number of benzene rings is 2. The molecule has 0 aliphatic heterocycles. The molecule has 0 bridgehead atoms. The predicted molar refractivity (Wildman–Crippen MR) is 87.6 cm³/mol. The highest BCUT2D eigenvalue weighted by Gasteiger charge is 2.01. The molecule has 0 heterocycles.